The SMILES string of the molecule is CC1CC1C(=O)NCCC(=O)N1CCc2ccccc2C1. The van der Waals surface area contributed by atoms with Gasteiger partial charge < -0.3 is 10.2 Å². The van der Waals surface area contributed by atoms with Crippen molar-refractivity contribution in [3.63, 3.8) is 0 Å². The van der Waals surface area contributed by atoms with E-state index in [1.54, 1.807) is 0 Å². The Morgan fingerprint density at radius 2 is 2.00 bits per heavy atom. The second kappa shape index (κ2) is 5.88. The van der Waals surface area contributed by atoms with Crippen LogP contribution in [0, 0.1) is 11.8 Å². The molecule has 0 aromatic heterocycles. The smallest absolute Gasteiger partial charge is 0.224 e. The molecule has 1 aromatic rings. The van der Waals surface area contributed by atoms with Crippen LogP contribution >= 0.6 is 0 Å². The van der Waals surface area contributed by atoms with Crippen molar-refractivity contribution < 1.29 is 9.59 Å². The second-order valence-electron chi connectivity index (χ2n) is 6.19. The van der Waals surface area contributed by atoms with E-state index >= 15 is 0 Å². The molecule has 0 saturated heterocycles. The maximum absolute atomic E-state index is 12.2. The summed E-state index contributed by atoms with van der Waals surface area (Å²) in [6, 6.07) is 8.29. The highest BCUT2D eigenvalue weighted by Crippen LogP contribution is 2.37. The van der Waals surface area contributed by atoms with E-state index in [0.717, 1.165) is 19.4 Å². The van der Waals surface area contributed by atoms with Gasteiger partial charge in [-0.25, -0.2) is 0 Å². The van der Waals surface area contributed by atoms with Crippen molar-refractivity contribution in [1.82, 2.24) is 10.2 Å². The highest BCUT2D eigenvalue weighted by Gasteiger charge is 2.38. The summed E-state index contributed by atoms with van der Waals surface area (Å²) < 4.78 is 0. The summed E-state index contributed by atoms with van der Waals surface area (Å²) in [4.78, 5) is 25.8. The van der Waals surface area contributed by atoms with E-state index in [9.17, 15) is 9.59 Å². The summed E-state index contributed by atoms with van der Waals surface area (Å²) in [5, 5.41) is 2.88. The summed E-state index contributed by atoms with van der Waals surface area (Å²) in [6.07, 6.45) is 2.31. The lowest BCUT2D eigenvalue weighted by molar-refractivity contribution is -0.132. The highest BCUT2D eigenvalue weighted by molar-refractivity contribution is 5.82. The molecule has 1 saturated carbocycles. The summed E-state index contributed by atoms with van der Waals surface area (Å²) in [5.41, 5.74) is 2.59. The third kappa shape index (κ3) is 3.26. The van der Waals surface area contributed by atoms with Crippen LogP contribution in [0.2, 0.25) is 0 Å². The number of rotatable bonds is 4. The molecule has 2 atom stereocenters. The molecule has 3 rings (SSSR count). The molecule has 4 nitrogen and oxygen atoms in total. The first-order valence-electron chi connectivity index (χ1n) is 7.77. The number of hydrogen-bond acceptors (Lipinski definition) is 2. The fraction of sp³-hybridized carbons (Fsp3) is 0.529. The third-order valence-corrected chi connectivity index (χ3v) is 4.57. The van der Waals surface area contributed by atoms with E-state index in [-0.39, 0.29) is 17.7 Å². The molecule has 1 heterocycles. The van der Waals surface area contributed by atoms with Gasteiger partial charge in [0.1, 0.15) is 0 Å². The van der Waals surface area contributed by atoms with E-state index in [2.05, 4.69) is 24.4 Å². The monoisotopic (exact) mass is 286 g/mol. The zero-order chi connectivity index (χ0) is 14.8. The number of hydrogen-bond donors (Lipinski definition) is 1. The van der Waals surface area contributed by atoms with Crippen LogP contribution in [0.25, 0.3) is 0 Å². The van der Waals surface area contributed by atoms with Crippen LogP contribution in [0.4, 0.5) is 0 Å². The predicted octanol–water partition coefficient (Wildman–Crippen LogP) is 1.73. The fourth-order valence-corrected chi connectivity index (χ4v) is 2.98. The Morgan fingerprint density at radius 1 is 1.29 bits per heavy atom. The van der Waals surface area contributed by atoms with Gasteiger partial charge >= 0.3 is 0 Å². The Balaban J connectivity index is 1.45. The number of fused-ring (bicyclic) bond motifs is 1. The Kier molecular flexibility index (Phi) is 3.95. The van der Waals surface area contributed by atoms with Crippen LogP contribution in [0.1, 0.15) is 30.9 Å². The van der Waals surface area contributed by atoms with Gasteiger partial charge in [-0.1, -0.05) is 31.2 Å². The number of nitrogens with zero attached hydrogens (tertiary/aromatic N) is 1. The minimum absolute atomic E-state index is 0.110. The van der Waals surface area contributed by atoms with Gasteiger partial charge in [0.15, 0.2) is 0 Å². The molecule has 2 aliphatic rings. The van der Waals surface area contributed by atoms with Gasteiger partial charge in [-0.3, -0.25) is 9.59 Å². The van der Waals surface area contributed by atoms with Gasteiger partial charge in [0.05, 0.1) is 0 Å². The first-order valence-corrected chi connectivity index (χ1v) is 7.77. The lowest BCUT2D eigenvalue weighted by Gasteiger charge is -2.29. The molecule has 1 N–H and O–H groups in total. The minimum atomic E-state index is 0.110. The number of carbonyl (C=O) groups is 2. The summed E-state index contributed by atoms with van der Waals surface area (Å²) in [5.74, 6) is 0.939. The van der Waals surface area contributed by atoms with Crippen molar-refractivity contribution in [2.24, 2.45) is 11.8 Å². The molecule has 2 amide bonds. The van der Waals surface area contributed by atoms with Crippen LogP contribution in [-0.4, -0.2) is 29.8 Å². The zero-order valence-corrected chi connectivity index (χ0v) is 12.5. The second-order valence-corrected chi connectivity index (χ2v) is 6.19. The van der Waals surface area contributed by atoms with Gasteiger partial charge in [-0.2, -0.15) is 0 Å². The van der Waals surface area contributed by atoms with Crippen LogP contribution in [0.15, 0.2) is 24.3 Å². The molecule has 4 heteroatoms. The molecule has 1 aliphatic heterocycles. The Labute approximate surface area is 125 Å². The van der Waals surface area contributed by atoms with Crippen molar-refractivity contribution in [2.45, 2.75) is 32.7 Å². The van der Waals surface area contributed by atoms with Crippen LogP contribution < -0.4 is 5.32 Å². The van der Waals surface area contributed by atoms with Crippen LogP contribution in [0.5, 0.6) is 0 Å². The van der Waals surface area contributed by atoms with Crippen molar-refractivity contribution in [2.75, 3.05) is 13.1 Å². The van der Waals surface area contributed by atoms with Gasteiger partial charge in [0.25, 0.3) is 0 Å². The van der Waals surface area contributed by atoms with Crippen LogP contribution in [-0.2, 0) is 22.6 Å². The number of benzene rings is 1. The maximum Gasteiger partial charge on any atom is 0.224 e. The van der Waals surface area contributed by atoms with E-state index in [1.165, 1.54) is 11.1 Å². The predicted molar refractivity (Wildman–Crippen MR) is 80.5 cm³/mol. The molecule has 1 aliphatic carbocycles. The maximum atomic E-state index is 12.2. The Bertz CT molecular complexity index is 555. The number of carbonyl (C=O) groups excluding carboxylic acids is 2. The van der Waals surface area contributed by atoms with Gasteiger partial charge in [0.2, 0.25) is 11.8 Å². The van der Waals surface area contributed by atoms with E-state index in [1.807, 2.05) is 17.0 Å². The molecule has 0 radical (unpaired) electrons. The zero-order valence-electron chi connectivity index (χ0n) is 12.5. The normalized spacial score (nSPS) is 23.4. The number of amides is 2. The topological polar surface area (TPSA) is 49.4 Å². The van der Waals surface area contributed by atoms with E-state index < -0.39 is 0 Å². The van der Waals surface area contributed by atoms with Crippen molar-refractivity contribution >= 4 is 11.8 Å². The molecule has 1 fully saturated rings. The minimum Gasteiger partial charge on any atom is -0.355 e. The van der Waals surface area contributed by atoms with Gasteiger partial charge in [0, 0.05) is 32.0 Å². The molecule has 1 aromatic carbocycles. The first-order chi connectivity index (χ1) is 10.1. The summed E-state index contributed by atoms with van der Waals surface area (Å²) >= 11 is 0. The highest BCUT2D eigenvalue weighted by atomic mass is 16.2. The molecule has 0 spiro atoms. The average molecular weight is 286 g/mol. The molecular weight excluding hydrogens is 264 g/mol. The molecule has 2 unspecified atom stereocenters. The molecule has 0 bridgehead atoms. The molecule has 112 valence electrons. The van der Waals surface area contributed by atoms with Crippen molar-refractivity contribution in [3.05, 3.63) is 35.4 Å². The average Bonchev–Trinajstić information content (AvgIpc) is 3.23. The first kappa shape index (κ1) is 14.1. The lowest BCUT2D eigenvalue weighted by Crippen LogP contribution is -2.38. The largest absolute Gasteiger partial charge is 0.355 e. The Morgan fingerprint density at radius 3 is 2.71 bits per heavy atom. The quantitative estimate of drug-likeness (QED) is 0.916. The van der Waals surface area contributed by atoms with Gasteiger partial charge in [-0.05, 0) is 29.9 Å². The molecular formula is C17H22N2O2. The van der Waals surface area contributed by atoms with Crippen molar-refractivity contribution in [3.8, 4) is 0 Å². The summed E-state index contributed by atoms with van der Waals surface area (Å²) in [7, 11) is 0. The number of nitrogens with one attached hydrogen (secondary N) is 1. The van der Waals surface area contributed by atoms with Crippen LogP contribution in [0.3, 0.4) is 0 Å². The Hall–Kier alpha value is -1.84. The van der Waals surface area contributed by atoms with E-state index in [4.69, 9.17) is 0 Å². The lowest BCUT2D eigenvalue weighted by atomic mass is 10.00. The van der Waals surface area contributed by atoms with Gasteiger partial charge in [-0.15, -0.1) is 0 Å². The summed E-state index contributed by atoms with van der Waals surface area (Å²) in [6.45, 7) is 4.02. The molecule has 21 heavy (non-hydrogen) atoms. The fourth-order valence-electron chi connectivity index (χ4n) is 2.98. The van der Waals surface area contributed by atoms with E-state index in [0.29, 0.717) is 25.4 Å². The third-order valence-electron chi connectivity index (χ3n) is 4.57. The van der Waals surface area contributed by atoms with Crippen molar-refractivity contribution in [1.29, 1.82) is 0 Å². The standard InChI is InChI=1S/C17H22N2O2/c1-12-10-15(12)17(21)18-8-6-16(20)19-9-7-13-4-2-3-5-14(13)11-19/h2-5,12,15H,6-11H2,1H3,(H,18,21).